The number of benzene rings is 1. The van der Waals surface area contributed by atoms with Gasteiger partial charge in [-0.05, 0) is 81.0 Å². The highest BCUT2D eigenvalue weighted by Gasteiger charge is 2.54. The average Bonchev–Trinajstić information content (AvgIpc) is 3.60. The van der Waals surface area contributed by atoms with Crippen molar-refractivity contribution in [2.45, 2.75) is 51.3 Å². The monoisotopic (exact) mass is 530 g/mol. The van der Waals surface area contributed by atoms with Crippen LogP contribution >= 0.6 is 0 Å². The average molecular weight is 531 g/mol. The lowest BCUT2D eigenvalue weighted by molar-refractivity contribution is 0.0952. The van der Waals surface area contributed by atoms with Gasteiger partial charge in [-0.15, -0.1) is 6.58 Å². The second-order valence-electron chi connectivity index (χ2n) is 10.1. The number of aromatic amines is 1. The summed E-state index contributed by atoms with van der Waals surface area (Å²) in [4.78, 5) is 33.1. The first-order chi connectivity index (χ1) is 18.1. The molecule has 1 saturated carbocycles. The van der Waals surface area contributed by atoms with Crippen molar-refractivity contribution in [1.29, 1.82) is 0 Å². The summed E-state index contributed by atoms with van der Waals surface area (Å²) in [5, 5.41) is 3.44. The molecule has 5 rings (SSSR count). The lowest BCUT2D eigenvalue weighted by atomic mass is 9.99. The predicted molar refractivity (Wildman–Crippen MR) is 149 cm³/mol. The maximum absolute atomic E-state index is 13.8. The van der Waals surface area contributed by atoms with Crippen LogP contribution in [-0.4, -0.2) is 33.0 Å². The Morgan fingerprint density at radius 2 is 1.95 bits per heavy atom. The summed E-state index contributed by atoms with van der Waals surface area (Å²) in [6.45, 7) is 9.24. The number of aromatic nitrogens is 3. The van der Waals surface area contributed by atoms with Gasteiger partial charge in [0.1, 0.15) is 0 Å². The minimum atomic E-state index is -3.75. The van der Waals surface area contributed by atoms with Gasteiger partial charge in [-0.3, -0.25) is 14.6 Å². The second-order valence-corrected chi connectivity index (χ2v) is 12.3. The van der Waals surface area contributed by atoms with Crippen molar-refractivity contribution < 1.29 is 13.2 Å². The Labute approximate surface area is 221 Å². The molecule has 1 aliphatic carbocycles. The first kappa shape index (κ1) is 25.7. The van der Waals surface area contributed by atoms with Gasteiger partial charge in [0.15, 0.2) is 0 Å². The number of pyridine rings is 2. The van der Waals surface area contributed by atoms with E-state index in [4.69, 9.17) is 0 Å². The molecule has 1 amide bonds. The van der Waals surface area contributed by atoms with Gasteiger partial charge in [0.05, 0.1) is 10.3 Å². The highest BCUT2D eigenvalue weighted by atomic mass is 32.2. The summed E-state index contributed by atoms with van der Waals surface area (Å²) in [5.41, 5.74) is 4.62. The molecule has 0 bridgehead atoms. The Morgan fingerprint density at radius 3 is 2.58 bits per heavy atom. The van der Waals surface area contributed by atoms with Crippen molar-refractivity contribution in [1.82, 2.24) is 19.3 Å². The van der Waals surface area contributed by atoms with Crippen LogP contribution in [0.1, 0.15) is 52.0 Å². The Balaban J connectivity index is 1.65. The fourth-order valence-electron chi connectivity index (χ4n) is 5.15. The van der Waals surface area contributed by atoms with Crippen molar-refractivity contribution in [3.63, 3.8) is 0 Å². The Morgan fingerprint density at radius 1 is 1.18 bits per heavy atom. The smallest absolute Gasteiger partial charge is 0.253 e. The van der Waals surface area contributed by atoms with Crippen LogP contribution in [0.15, 0.2) is 66.4 Å². The number of allylic oxidation sites excluding steroid dienone is 1. The van der Waals surface area contributed by atoms with Crippen LogP contribution in [0.3, 0.4) is 0 Å². The molecule has 2 N–H and O–H groups in total. The van der Waals surface area contributed by atoms with Gasteiger partial charge in [-0.2, -0.15) is 0 Å². The van der Waals surface area contributed by atoms with Crippen molar-refractivity contribution in [3.8, 4) is 11.1 Å². The third-order valence-electron chi connectivity index (χ3n) is 7.35. The molecule has 0 aliphatic heterocycles. The third kappa shape index (κ3) is 4.26. The molecule has 0 atom stereocenters. The van der Waals surface area contributed by atoms with E-state index >= 15 is 0 Å². The standard InChI is InChI=1S/C29H30N4O4S/c1-5-8-29(9-10-29)38(36,37)33-17-19(3)26-23(13-22(14-25(26)33)21-7-6-11-30-15-21)27(34)31-16-24-18(2)12-20(4)32-28(24)35/h5-7,11-15,17H,1,8-10,16H2,2-4H3,(H,31,34)(H,32,35). The quantitative estimate of drug-likeness (QED) is 0.325. The van der Waals surface area contributed by atoms with Crippen molar-refractivity contribution in [2.75, 3.05) is 0 Å². The summed E-state index contributed by atoms with van der Waals surface area (Å²) >= 11 is 0. The Bertz CT molecular complexity index is 1750. The lowest BCUT2D eigenvalue weighted by Gasteiger charge is -2.17. The van der Waals surface area contributed by atoms with Gasteiger partial charge < -0.3 is 10.3 Å². The molecule has 0 radical (unpaired) electrons. The molecule has 1 aromatic carbocycles. The SMILES string of the molecule is C=CCC1(S(=O)(=O)n2cc(C)c3c(C(=O)NCc4c(C)cc(C)[nH]c4=O)cc(-c4cccnc4)cc32)CC1. The molecule has 4 aromatic rings. The lowest BCUT2D eigenvalue weighted by Crippen LogP contribution is -2.29. The fraction of sp³-hybridized carbons (Fsp3) is 0.276. The number of H-pyrrole nitrogens is 1. The van der Waals surface area contributed by atoms with E-state index in [2.05, 4.69) is 21.9 Å². The minimum absolute atomic E-state index is 0.0411. The van der Waals surface area contributed by atoms with Gasteiger partial charge in [-0.25, -0.2) is 12.4 Å². The molecule has 38 heavy (non-hydrogen) atoms. The van der Waals surface area contributed by atoms with Crippen molar-refractivity contribution >= 4 is 26.8 Å². The zero-order valence-corrected chi connectivity index (χ0v) is 22.5. The molecule has 3 aromatic heterocycles. The molecule has 9 heteroatoms. The van der Waals surface area contributed by atoms with Crippen LogP contribution < -0.4 is 10.9 Å². The molecular weight excluding hydrogens is 500 g/mol. The van der Waals surface area contributed by atoms with E-state index in [1.165, 1.54) is 3.97 Å². The van der Waals surface area contributed by atoms with E-state index in [1.54, 1.807) is 56.7 Å². The number of hydrogen-bond acceptors (Lipinski definition) is 5. The van der Waals surface area contributed by atoms with E-state index in [-0.39, 0.29) is 12.1 Å². The highest BCUT2D eigenvalue weighted by Crippen LogP contribution is 2.49. The molecular formula is C29H30N4O4S. The normalized spacial score (nSPS) is 14.4. The Kier molecular flexibility index (Phi) is 6.35. The number of aryl methyl sites for hydroxylation is 3. The van der Waals surface area contributed by atoms with Crippen LogP contribution in [0.25, 0.3) is 22.0 Å². The van der Waals surface area contributed by atoms with Crippen molar-refractivity contribution in [3.05, 3.63) is 99.9 Å². The molecule has 0 saturated heterocycles. The topological polar surface area (TPSA) is 114 Å². The molecule has 8 nitrogen and oxygen atoms in total. The number of amides is 1. The summed E-state index contributed by atoms with van der Waals surface area (Å²) in [6, 6.07) is 9.06. The fourth-order valence-corrected chi connectivity index (χ4v) is 7.21. The van der Waals surface area contributed by atoms with Gasteiger partial charge in [-0.1, -0.05) is 12.1 Å². The number of carbonyl (C=O) groups excluding carboxylic acids is 1. The van der Waals surface area contributed by atoms with Crippen LogP contribution in [0, 0.1) is 20.8 Å². The number of fused-ring (bicyclic) bond motifs is 1. The summed E-state index contributed by atoms with van der Waals surface area (Å²) in [5.74, 6) is -0.398. The second kappa shape index (κ2) is 9.40. The predicted octanol–water partition coefficient (Wildman–Crippen LogP) is 4.53. The maximum atomic E-state index is 13.8. The number of nitrogens with zero attached hydrogens (tertiary/aromatic N) is 2. The van der Waals surface area contributed by atoms with Crippen LogP contribution in [0.2, 0.25) is 0 Å². The van der Waals surface area contributed by atoms with Gasteiger partial charge in [0, 0.05) is 52.9 Å². The number of rotatable bonds is 8. The molecule has 1 aliphatic rings. The zero-order chi connectivity index (χ0) is 27.2. The molecule has 196 valence electrons. The summed E-state index contributed by atoms with van der Waals surface area (Å²) < 4.78 is 28.1. The van der Waals surface area contributed by atoms with E-state index in [0.29, 0.717) is 52.4 Å². The van der Waals surface area contributed by atoms with E-state index in [9.17, 15) is 18.0 Å². The highest BCUT2D eigenvalue weighted by molar-refractivity contribution is 7.91. The zero-order valence-electron chi connectivity index (χ0n) is 21.7. The maximum Gasteiger partial charge on any atom is 0.253 e. The van der Waals surface area contributed by atoms with E-state index in [1.807, 2.05) is 19.1 Å². The Hall–Kier alpha value is -3.98. The molecule has 0 spiro atoms. The van der Waals surface area contributed by atoms with Gasteiger partial charge in [0.2, 0.25) is 10.0 Å². The molecule has 0 unspecified atom stereocenters. The number of carbonyl (C=O) groups is 1. The van der Waals surface area contributed by atoms with Gasteiger partial charge in [0.25, 0.3) is 11.5 Å². The molecule has 1 fully saturated rings. The largest absolute Gasteiger partial charge is 0.348 e. The third-order valence-corrected chi connectivity index (χ3v) is 9.84. The molecule has 3 heterocycles. The number of hydrogen-bond donors (Lipinski definition) is 2. The van der Waals surface area contributed by atoms with Crippen LogP contribution in [0.4, 0.5) is 0 Å². The van der Waals surface area contributed by atoms with Crippen LogP contribution in [0.5, 0.6) is 0 Å². The summed E-state index contributed by atoms with van der Waals surface area (Å²) in [6.07, 6.45) is 8.08. The van der Waals surface area contributed by atoms with Gasteiger partial charge >= 0.3 is 0 Å². The van der Waals surface area contributed by atoms with E-state index in [0.717, 1.165) is 16.8 Å². The first-order valence-corrected chi connectivity index (χ1v) is 13.9. The van der Waals surface area contributed by atoms with Crippen LogP contribution in [-0.2, 0) is 16.6 Å². The summed E-state index contributed by atoms with van der Waals surface area (Å²) in [7, 11) is -3.75. The van der Waals surface area contributed by atoms with Crippen molar-refractivity contribution in [2.24, 2.45) is 0 Å². The minimum Gasteiger partial charge on any atom is -0.348 e. The van der Waals surface area contributed by atoms with E-state index < -0.39 is 20.7 Å². The first-order valence-electron chi connectivity index (χ1n) is 12.5. The number of nitrogens with one attached hydrogen (secondary N) is 2.